The predicted molar refractivity (Wildman–Crippen MR) is 129 cm³/mol. The Balaban J connectivity index is 1.92. The van der Waals surface area contributed by atoms with Gasteiger partial charge in [-0.1, -0.05) is 26.0 Å². The maximum Gasteiger partial charge on any atom is 0.184 e. The molecule has 1 atom stereocenters. The van der Waals surface area contributed by atoms with Crippen molar-refractivity contribution in [1.29, 1.82) is 0 Å². The van der Waals surface area contributed by atoms with E-state index in [2.05, 4.69) is 59.1 Å². The van der Waals surface area contributed by atoms with Gasteiger partial charge in [0.1, 0.15) is 19.0 Å². The van der Waals surface area contributed by atoms with Gasteiger partial charge in [-0.05, 0) is 82.5 Å². The van der Waals surface area contributed by atoms with Crippen LogP contribution in [0, 0.1) is 3.57 Å². The molecule has 0 amide bonds. The number of hydrazone groups is 1. The Morgan fingerprint density at radius 1 is 1.24 bits per heavy atom. The molecule has 0 saturated heterocycles. The molecule has 0 saturated carbocycles. The second-order valence-electron chi connectivity index (χ2n) is 6.34. The average Bonchev–Trinajstić information content (AvgIpc) is 2.71. The van der Waals surface area contributed by atoms with Crippen LogP contribution in [-0.4, -0.2) is 31.7 Å². The van der Waals surface area contributed by atoms with E-state index >= 15 is 0 Å². The topological polar surface area (TPSA) is 78.1 Å². The molecule has 0 radical (unpaired) electrons. The van der Waals surface area contributed by atoms with E-state index in [1.54, 1.807) is 13.3 Å². The molecule has 2 aromatic carbocycles. The molecule has 156 valence electrons. The molecule has 0 heterocycles. The number of methoxy groups -OCH3 is 1. The molecule has 2 aromatic rings. The number of nitrogens with two attached hydrogens (primary N) is 1. The molecule has 0 spiro atoms. The maximum atomic E-state index is 5.90. The summed E-state index contributed by atoms with van der Waals surface area (Å²) in [6.07, 6.45) is 2.73. The summed E-state index contributed by atoms with van der Waals surface area (Å²) >= 11 is 6.92. The highest BCUT2D eigenvalue weighted by Crippen LogP contribution is 2.33. The van der Waals surface area contributed by atoms with Crippen LogP contribution < -0.4 is 25.4 Å². The van der Waals surface area contributed by atoms with Crippen molar-refractivity contribution in [2.45, 2.75) is 26.2 Å². The Bertz CT molecular complexity index is 844. The van der Waals surface area contributed by atoms with Crippen molar-refractivity contribution >= 4 is 46.1 Å². The van der Waals surface area contributed by atoms with E-state index in [1.807, 2.05) is 24.3 Å². The van der Waals surface area contributed by atoms with Gasteiger partial charge in [0.25, 0.3) is 0 Å². The number of halogens is 1. The van der Waals surface area contributed by atoms with Crippen molar-refractivity contribution in [3.8, 4) is 17.2 Å². The van der Waals surface area contributed by atoms with Crippen molar-refractivity contribution in [2.24, 2.45) is 10.8 Å². The third kappa shape index (κ3) is 7.36. The maximum absolute atomic E-state index is 5.90. The molecule has 3 N–H and O–H groups in total. The molecule has 0 aliphatic rings. The summed E-state index contributed by atoms with van der Waals surface area (Å²) < 4.78 is 18.0. The van der Waals surface area contributed by atoms with E-state index in [4.69, 9.17) is 32.2 Å². The monoisotopic (exact) mass is 527 g/mol. The van der Waals surface area contributed by atoms with Crippen molar-refractivity contribution in [2.75, 3.05) is 20.3 Å². The van der Waals surface area contributed by atoms with Crippen LogP contribution in [0.1, 0.15) is 37.3 Å². The summed E-state index contributed by atoms with van der Waals surface area (Å²) in [6, 6.07) is 12.0. The van der Waals surface area contributed by atoms with Gasteiger partial charge in [-0.2, -0.15) is 5.10 Å². The lowest BCUT2D eigenvalue weighted by Gasteiger charge is -2.14. The third-order valence-electron chi connectivity index (χ3n) is 4.30. The average molecular weight is 527 g/mol. The van der Waals surface area contributed by atoms with Crippen molar-refractivity contribution in [3.05, 3.63) is 51.1 Å². The van der Waals surface area contributed by atoms with Crippen LogP contribution in [0.25, 0.3) is 0 Å². The fourth-order valence-electron chi connectivity index (χ4n) is 2.56. The zero-order chi connectivity index (χ0) is 21.2. The zero-order valence-corrected chi connectivity index (χ0v) is 19.7. The number of benzene rings is 2. The van der Waals surface area contributed by atoms with Crippen LogP contribution >= 0.6 is 34.8 Å². The number of hydrogen-bond donors (Lipinski definition) is 2. The largest absolute Gasteiger partial charge is 0.493 e. The standard InChI is InChI=1S/C21H26IN3O3S/c1-4-14(2)16-5-7-17(8-6-16)27-9-10-28-20-18(22)11-15(12-19(20)26-3)13-24-25-21(23)29/h5-8,11-14H,4,9-10H2,1-3H3,(H3,23,25,29)/b24-13-/t14-/m1/s1. The van der Waals surface area contributed by atoms with Crippen LogP contribution in [0.15, 0.2) is 41.5 Å². The zero-order valence-electron chi connectivity index (χ0n) is 16.8. The molecule has 0 aliphatic carbocycles. The Hall–Kier alpha value is -2.07. The fourth-order valence-corrected chi connectivity index (χ4v) is 3.39. The molecule has 8 heteroatoms. The van der Waals surface area contributed by atoms with Gasteiger partial charge in [0.15, 0.2) is 16.6 Å². The lowest BCUT2D eigenvalue weighted by atomic mass is 9.99. The van der Waals surface area contributed by atoms with Crippen molar-refractivity contribution in [1.82, 2.24) is 5.43 Å². The minimum Gasteiger partial charge on any atom is -0.493 e. The first-order valence-corrected chi connectivity index (χ1v) is 10.7. The molecule has 0 aromatic heterocycles. The van der Waals surface area contributed by atoms with Gasteiger partial charge in [-0.25, -0.2) is 0 Å². The smallest absolute Gasteiger partial charge is 0.184 e. The molecule has 0 bridgehead atoms. The molecular formula is C21H26IN3O3S. The highest BCUT2D eigenvalue weighted by Gasteiger charge is 2.11. The number of rotatable bonds is 10. The summed E-state index contributed by atoms with van der Waals surface area (Å²) in [5, 5.41) is 4.07. The Morgan fingerprint density at radius 2 is 1.93 bits per heavy atom. The SMILES string of the molecule is CC[C@@H](C)c1ccc(OCCOc2c(I)cc(/C=N\NC(N)=S)cc2OC)cc1. The van der Waals surface area contributed by atoms with Crippen LogP contribution in [0.3, 0.4) is 0 Å². The van der Waals surface area contributed by atoms with Crippen LogP contribution in [0.5, 0.6) is 17.2 Å². The Kier molecular flexibility index (Phi) is 9.46. The highest BCUT2D eigenvalue weighted by atomic mass is 127. The molecular weight excluding hydrogens is 501 g/mol. The minimum atomic E-state index is 0.109. The third-order valence-corrected chi connectivity index (χ3v) is 5.19. The van der Waals surface area contributed by atoms with Gasteiger partial charge in [-0.3, -0.25) is 5.43 Å². The summed E-state index contributed by atoms with van der Waals surface area (Å²) in [6.45, 7) is 5.24. The number of hydrogen-bond acceptors (Lipinski definition) is 5. The van der Waals surface area contributed by atoms with Crippen molar-refractivity contribution in [3.63, 3.8) is 0 Å². The van der Waals surface area contributed by atoms with Gasteiger partial charge in [-0.15, -0.1) is 0 Å². The second kappa shape index (κ2) is 11.8. The molecule has 6 nitrogen and oxygen atoms in total. The highest BCUT2D eigenvalue weighted by molar-refractivity contribution is 14.1. The molecule has 0 unspecified atom stereocenters. The number of ether oxygens (including phenoxy) is 3. The van der Waals surface area contributed by atoms with E-state index in [1.165, 1.54) is 5.56 Å². The van der Waals surface area contributed by atoms with E-state index in [-0.39, 0.29) is 5.11 Å². The normalized spacial score (nSPS) is 11.9. The first-order chi connectivity index (χ1) is 13.9. The number of nitrogens with zero attached hydrogens (tertiary/aromatic N) is 1. The summed E-state index contributed by atoms with van der Waals surface area (Å²) in [4.78, 5) is 0. The van der Waals surface area contributed by atoms with Gasteiger partial charge < -0.3 is 19.9 Å². The van der Waals surface area contributed by atoms with Gasteiger partial charge in [0, 0.05) is 0 Å². The van der Waals surface area contributed by atoms with Crippen LogP contribution in [-0.2, 0) is 0 Å². The van der Waals surface area contributed by atoms with E-state index < -0.39 is 0 Å². The quantitative estimate of drug-likeness (QED) is 0.157. The molecule has 2 rings (SSSR count). The predicted octanol–water partition coefficient (Wildman–Crippen LogP) is 4.44. The van der Waals surface area contributed by atoms with E-state index in [9.17, 15) is 0 Å². The molecule has 29 heavy (non-hydrogen) atoms. The van der Waals surface area contributed by atoms with Gasteiger partial charge in [0.05, 0.1) is 16.9 Å². The summed E-state index contributed by atoms with van der Waals surface area (Å²) in [5.41, 5.74) is 10.0. The minimum absolute atomic E-state index is 0.109. The van der Waals surface area contributed by atoms with Crippen LogP contribution in [0.2, 0.25) is 0 Å². The Labute approximate surface area is 190 Å². The lowest BCUT2D eigenvalue weighted by Crippen LogP contribution is -2.24. The van der Waals surface area contributed by atoms with Crippen molar-refractivity contribution < 1.29 is 14.2 Å². The molecule has 0 fully saturated rings. The van der Waals surface area contributed by atoms with Gasteiger partial charge in [0.2, 0.25) is 0 Å². The lowest BCUT2D eigenvalue weighted by molar-refractivity contribution is 0.210. The van der Waals surface area contributed by atoms with E-state index in [0.717, 1.165) is 21.3 Å². The van der Waals surface area contributed by atoms with Crippen LogP contribution in [0.4, 0.5) is 0 Å². The second-order valence-corrected chi connectivity index (χ2v) is 7.95. The van der Waals surface area contributed by atoms with E-state index in [0.29, 0.717) is 30.6 Å². The summed E-state index contributed by atoms with van der Waals surface area (Å²) in [5.74, 6) is 2.67. The fraction of sp³-hybridized carbons (Fsp3) is 0.333. The first kappa shape index (κ1) is 23.2. The number of thiocarbonyl (C=S) groups is 1. The summed E-state index contributed by atoms with van der Waals surface area (Å²) in [7, 11) is 1.60. The first-order valence-electron chi connectivity index (χ1n) is 9.26. The van der Waals surface area contributed by atoms with Gasteiger partial charge >= 0.3 is 0 Å². The molecule has 0 aliphatic heterocycles. The number of nitrogens with one attached hydrogen (secondary N) is 1. The Morgan fingerprint density at radius 3 is 2.55 bits per heavy atom.